The standard InChI is InChI=1S/C36H46N4O4/c1-22-14-15-27(20-24(22)3)37-33(41)30-29-16-17-36(44-29)31(30)35(43)40(19-18-39(5)21-26-11-7-6-8-12-26)32(36)34(42)38-28-13-9-10-23(2)25(28)4/h6-8,11-12,14-17,20,23,25,28-32H,9-10,13,18-19,21H2,1-5H3,(H,37,41)(H,38,42)/t23-,25-,28-,29+,30-,31+,32+,36+/m1/s1. The summed E-state index contributed by atoms with van der Waals surface area (Å²) in [5, 5.41) is 6.39. The number of nitrogens with zero attached hydrogens (tertiary/aromatic N) is 2. The Morgan fingerprint density at radius 2 is 1.82 bits per heavy atom. The first-order chi connectivity index (χ1) is 21.1. The summed E-state index contributed by atoms with van der Waals surface area (Å²) in [6, 6.07) is 15.2. The van der Waals surface area contributed by atoms with Crippen LogP contribution in [0.4, 0.5) is 5.69 Å². The van der Waals surface area contributed by atoms with Crippen LogP contribution < -0.4 is 10.6 Å². The van der Waals surface area contributed by atoms with Gasteiger partial charge in [-0.3, -0.25) is 14.4 Å². The third-order valence-electron chi connectivity index (χ3n) is 10.8. The minimum Gasteiger partial charge on any atom is -0.359 e. The number of rotatable bonds is 9. The van der Waals surface area contributed by atoms with Gasteiger partial charge in [-0.05, 0) is 68.0 Å². The van der Waals surface area contributed by atoms with E-state index in [1.54, 1.807) is 4.90 Å². The van der Waals surface area contributed by atoms with Gasteiger partial charge in [-0.2, -0.15) is 0 Å². The Morgan fingerprint density at radius 3 is 2.57 bits per heavy atom. The molecule has 0 radical (unpaired) electrons. The third kappa shape index (κ3) is 5.47. The molecule has 2 bridgehead atoms. The van der Waals surface area contributed by atoms with Crippen molar-refractivity contribution >= 4 is 23.4 Å². The number of ether oxygens (including phenoxy) is 1. The number of benzene rings is 2. The van der Waals surface area contributed by atoms with Gasteiger partial charge in [-0.1, -0.05) is 75.2 Å². The molecule has 8 heteroatoms. The SMILES string of the molecule is Cc1ccc(NC(=O)[C@@H]2[C@@H]3C=C[C@]4(O3)[C@@H]2C(=O)N(CCN(C)Cc2ccccc2)[C@H]4C(=O)N[C@@H]2CCC[C@@H](C)[C@H]2C)cc1C. The van der Waals surface area contributed by atoms with Crippen molar-refractivity contribution in [2.75, 3.05) is 25.5 Å². The third-order valence-corrected chi connectivity index (χ3v) is 10.8. The van der Waals surface area contributed by atoms with Crippen molar-refractivity contribution < 1.29 is 19.1 Å². The summed E-state index contributed by atoms with van der Waals surface area (Å²) < 4.78 is 6.56. The van der Waals surface area contributed by atoms with Crippen LogP contribution in [0.2, 0.25) is 0 Å². The molecule has 4 aliphatic rings. The van der Waals surface area contributed by atoms with Crippen molar-refractivity contribution in [2.24, 2.45) is 23.7 Å². The second-order valence-corrected chi connectivity index (χ2v) is 13.6. The number of nitrogens with one attached hydrogen (secondary N) is 2. The van der Waals surface area contributed by atoms with Crippen molar-refractivity contribution in [1.29, 1.82) is 0 Å². The van der Waals surface area contributed by atoms with Gasteiger partial charge in [0.2, 0.25) is 17.7 Å². The summed E-state index contributed by atoms with van der Waals surface area (Å²) in [4.78, 5) is 46.3. The van der Waals surface area contributed by atoms with Gasteiger partial charge in [0.05, 0.1) is 17.9 Å². The number of carbonyl (C=O) groups is 3. The molecule has 1 aliphatic carbocycles. The van der Waals surface area contributed by atoms with Crippen molar-refractivity contribution in [2.45, 2.75) is 77.3 Å². The second kappa shape index (κ2) is 12.1. The van der Waals surface area contributed by atoms with E-state index in [4.69, 9.17) is 4.74 Å². The lowest BCUT2D eigenvalue weighted by molar-refractivity contribution is -0.141. The highest BCUT2D eigenvalue weighted by Gasteiger charge is 2.72. The molecule has 3 heterocycles. The van der Waals surface area contributed by atoms with E-state index in [2.05, 4.69) is 41.5 Å². The van der Waals surface area contributed by atoms with Gasteiger partial charge in [-0.15, -0.1) is 0 Å². The highest BCUT2D eigenvalue weighted by Crippen LogP contribution is 2.55. The highest BCUT2D eigenvalue weighted by molar-refractivity contribution is 6.02. The smallest absolute Gasteiger partial charge is 0.246 e. The van der Waals surface area contributed by atoms with Crippen molar-refractivity contribution in [1.82, 2.24) is 15.1 Å². The Morgan fingerprint density at radius 1 is 1.05 bits per heavy atom. The van der Waals surface area contributed by atoms with Gasteiger partial charge in [0.1, 0.15) is 11.6 Å². The summed E-state index contributed by atoms with van der Waals surface area (Å²) in [5.41, 5.74) is 2.93. The number of likely N-dealkylation sites (tertiary alicyclic amines) is 1. The second-order valence-electron chi connectivity index (χ2n) is 13.6. The average molecular weight is 599 g/mol. The van der Waals surface area contributed by atoms with Crippen molar-refractivity contribution in [3.63, 3.8) is 0 Å². The molecule has 8 atom stereocenters. The molecular weight excluding hydrogens is 552 g/mol. The molecule has 3 amide bonds. The lowest BCUT2D eigenvalue weighted by atomic mass is 9.73. The maximum absolute atomic E-state index is 14.4. The van der Waals surface area contributed by atoms with E-state index in [0.717, 1.165) is 36.9 Å². The van der Waals surface area contributed by atoms with Crippen LogP contribution in [0.15, 0.2) is 60.7 Å². The molecule has 1 spiro atoms. The largest absolute Gasteiger partial charge is 0.359 e. The summed E-state index contributed by atoms with van der Waals surface area (Å²) in [5.74, 6) is -1.23. The van der Waals surface area contributed by atoms with Crippen LogP contribution in [0.1, 0.15) is 49.8 Å². The van der Waals surface area contributed by atoms with Gasteiger partial charge in [0, 0.05) is 31.4 Å². The maximum Gasteiger partial charge on any atom is 0.246 e. The predicted octanol–water partition coefficient (Wildman–Crippen LogP) is 4.47. The Labute approximate surface area is 261 Å². The highest BCUT2D eigenvalue weighted by atomic mass is 16.5. The van der Waals surface area contributed by atoms with E-state index >= 15 is 0 Å². The van der Waals surface area contributed by atoms with E-state index in [1.165, 1.54) is 5.56 Å². The lowest BCUT2D eigenvalue weighted by Crippen LogP contribution is -2.58. The molecule has 2 aromatic rings. The van der Waals surface area contributed by atoms with E-state index in [1.807, 2.05) is 69.4 Å². The Bertz CT molecular complexity index is 1440. The summed E-state index contributed by atoms with van der Waals surface area (Å²) in [6.45, 7) is 10.2. The monoisotopic (exact) mass is 598 g/mol. The molecule has 3 aliphatic heterocycles. The van der Waals surface area contributed by atoms with E-state index in [9.17, 15) is 14.4 Å². The van der Waals surface area contributed by atoms with Crippen LogP contribution in [-0.2, 0) is 25.7 Å². The zero-order chi connectivity index (χ0) is 31.2. The number of anilines is 1. The van der Waals surface area contributed by atoms with Crippen LogP contribution in [0.25, 0.3) is 0 Å². The summed E-state index contributed by atoms with van der Waals surface area (Å²) in [6.07, 6.45) is 6.37. The minimum absolute atomic E-state index is 0.0471. The number of hydrogen-bond acceptors (Lipinski definition) is 5. The molecule has 2 N–H and O–H groups in total. The molecule has 3 fully saturated rings. The summed E-state index contributed by atoms with van der Waals surface area (Å²) >= 11 is 0. The van der Waals surface area contributed by atoms with Crippen molar-refractivity contribution in [3.05, 3.63) is 77.4 Å². The molecule has 1 saturated carbocycles. The first kappa shape index (κ1) is 30.5. The van der Waals surface area contributed by atoms with Gasteiger partial charge in [0.25, 0.3) is 0 Å². The van der Waals surface area contributed by atoms with E-state index in [-0.39, 0.29) is 23.8 Å². The Kier molecular flexibility index (Phi) is 8.42. The minimum atomic E-state index is -1.17. The number of aryl methyl sites for hydroxylation is 2. The molecular formula is C36H46N4O4. The fraction of sp³-hybridized carbons (Fsp3) is 0.528. The van der Waals surface area contributed by atoms with Crippen LogP contribution in [0.3, 0.4) is 0 Å². The van der Waals surface area contributed by atoms with E-state index < -0.39 is 29.6 Å². The first-order valence-electron chi connectivity index (χ1n) is 16.2. The fourth-order valence-corrected chi connectivity index (χ4v) is 7.85. The zero-order valence-electron chi connectivity index (χ0n) is 26.6. The molecule has 6 rings (SSSR count). The topological polar surface area (TPSA) is 91.0 Å². The normalized spacial score (nSPS) is 32.3. The number of likely N-dealkylation sites (N-methyl/N-ethyl adjacent to an activating group) is 1. The maximum atomic E-state index is 14.4. The molecule has 44 heavy (non-hydrogen) atoms. The van der Waals surface area contributed by atoms with Gasteiger partial charge in [-0.25, -0.2) is 0 Å². The molecule has 0 aromatic heterocycles. The first-order valence-corrected chi connectivity index (χ1v) is 16.2. The van der Waals surface area contributed by atoms with Crippen LogP contribution >= 0.6 is 0 Å². The van der Waals surface area contributed by atoms with Crippen LogP contribution in [-0.4, -0.2) is 71.4 Å². The van der Waals surface area contributed by atoms with Gasteiger partial charge < -0.3 is 25.2 Å². The number of carbonyl (C=O) groups excluding carboxylic acids is 3. The van der Waals surface area contributed by atoms with Gasteiger partial charge >= 0.3 is 0 Å². The quantitative estimate of drug-likeness (QED) is 0.416. The molecule has 8 nitrogen and oxygen atoms in total. The van der Waals surface area contributed by atoms with Gasteiger partial charge in [0.15, 0.2) is 0 Å². The molecule has 234 valence electrons. The number of amides is 3. The number of hydrogen-bond donors (Lipinski definition) is 2. The Balaban J connectivity index is 1.26. The van der Waals surface area contributed by atoms with Crippen LogP contribution in [0, 0.1) is 37.5 Å². The molecule has 2 saturated heterocycles. The average Bonchev–Trinajstić information content (AvgIpc) is 3.64. The van der Waals surface area contributed by atoms with Crippen LogP contribution in [0.5, 0.6) is 0 Å². The predicted molar refractivity (Wildman–Crippen MR) is 171 cm³/mol. The molecule has 2 aromatic carbocycles. The Hall–Kier alpha value is -3.49. The molecule has 0 unspecified atom stereocenters. The number of fused-ring (bicyclic) bond motifs is 1. The summed E-state index contributed by atoms with van der Waals surface area (Å²) in [7, 11) is 2.02. The van der Waals surface area contributed by atoms with E-state index in [0.29, 0.717) is 30.6 Å². The zero-order valence-corrected chi connectivity index (χ0v) is 26.6. The van der Waals surface area contributed by atoms with Crippen molar-refractivity contribution in [3.8, 4) is 0 Å². The lowest BCUT2D eigenvalue weighted by Gasteiger charge is -2.38. The fourth-order valence-electron chi connectivity index (χ4n) is 7.85.